The van der Waals surface area contributed by atoms with E-state index in [1.54, 1.807) is 0 Å². The highest BCUT2D eigenvalue weighted by molar-refractivity contribution is 5.47. The smallest absolute Gasteiger partial charge is 0.0431 e. The van der Waals surface area contributed by atoms with Crippen molar-refractivity contribution in [2.24, 2.45) is 0 Å². The second-order valence-corrected chi connectivity index (χ2v) is 6.21. The van der Waals surface area contributed by atoms with Crippen LogP contribution < -0.4 is 0 Å². The van der Waals surface area contributed by atoms with Crippen molar-refractivity contribution in [3.8, 4) is 0 Å². The van der Waals surface area contributed by atoms with E-state index in [1.165, 1.54) is 22.3 Å². The molecule has 0 spiro atoms. The SMILES string of the molecule is OCCCC1C2c3ccccc3CN1Cc1ccccc12. The first-order valence-electron chi connectivity index (χ1n) is 7.89. The van der Waals surface area contributed by atoms with Crippen molar-refractivity contribution in [1.82, 2.24) is 4.90 Å². The summed E-state index contributed by atoms with van der Waals surface area (Å²) in [5, 5.41) is 9.23. The van der Waals surface area contributed by atoms with Crippen LogP contribution in [0.5, 0.6) is 0 Å². The van der Waals surface area contributed by atoms with E-state index >= 15 is 0 Å². The molecule has 2 aliphatic rings. The lowest BCUT2D eigenvalue weighted by Gasteiger charge is -2.47. The number of hydrogen-bond acceptors (Lipinski definition) is 2. The summed E-state index contributed by atoms with van der Waals surface area (Å²) < 4.78 is 0. The van der Waals surface area contributed by atoms with Gasteiger partial charge in [0.25, 0.3) is 0 Å². The molecule has 0 amide bonds. The number of aliphatic hydroxyl groups is 1. The third-order valence-electron chi connectivity index (χ3n) is 5.04. The number of fused-ring (bicyclic) bond motifs is 6. The van der Waals surface area contributed by atoms with Crippen molar-refractivity contribution < 1.29 is 5.11 Å². The molecule has 2 nitrogen and oxygen atoms in total. The summed E-state index contributed by atoms with van der Waals surface area (Å²) in [5.41, 5.74) is 5.92. The van der Waals surface area contributed by atoms with Gasteiger partial charge in [-0.15, -0.1) is 0 Å². The molecule has 108 valence electrons. The van der Waals surface area contributed by atoms with Gasteiger partial charge in [0.15, 0.2) is 0 Å². The molecule has 2 aliphatic heterocycles. The van der Waals surface area contributed by atoms with Crippen LogP contribution in [0.4, 0.5) is 0 Å². The van der Waals surface area contributed by atoms with E-state index in [0.29, 0.717) is 18.6 Å². The van der Waals surface area contributed by atoms with Crippen LogP contribution in [0.15, 0.2) is 48.5 Å². The zero-order valence-corrected chi connectivity index (χ0v) is 12.2. The topological polar surface area (TPSA) is 23.5 Å². The fourth-order valence-corrected chi connectivity index (χ4v) is 4.13. The zero-order valence-electron chi connectivity index (χ0n) is 12.2. The van der Waals surface area contributed by atoms with Crippen LogP contribution in [-0.2, 0) is 13.1 Å². The molecule has 0 aromatic heterocycles. The monoisotopic (exact) mass is 279 g/mol. The largest absolute Gasteiger partial charge is 0.396 e. The minimum Gasteiger partial charge on any atom is -0.396 e. The summed E-state index contributed by atoms with van der Waals surface area (Å²) in [6.07, 6.45) is 1.96. The summed E-state index contributed by atoms with van der Waals surface area (Å²) in [6, 6.07) is 18.3. The molecule has 1 unspecified atom stereocenters. The molecule has 0 saturated carbocycles. The number of hydrogen-bond donors (Lipinski definition) is 1. The molecule has 1 atom stereocenters. The normalized spacial score (nSPS) is 26.0. The average molecular weight is 279 g/mol. The molecular formula is C19H21NO. The maximum atomic E-state index is 9.23. The lowest BCUT2D eigenvalue weighted by Crippen LogP contribution is -2.46. The third kappa shape index (κ3) is 2.10. The summed E-state index contributed by atoms with van der Waals surface area (Å²) in [4.78, 5) is 2.60. The van der Waals surface area contributed by atoms with E-state index in [1.807, 2.05) is 0 Å². The molecular weight excluding hydrogens is 258 g/mol. The zero-order chi connectivity index (χ0) is 14.2. The highest BCUT2D eigenvalue weighted by atomic mass is 16.2. The van der Waals surface area contributed by atoms with Gasteiger partial charge in [0.2, 0.25) is 0 Å². The Bertz CT molecular complexity index is 602. The number of aliphatic hydroxyl groups excluding tert-OH is 1. The van der Waals surface area contributed by atoms with E-state index < -0.39 is 0 Å². The van der Waals surface area contributed by atoms with Crippen LogP contribution in [-0.4, -0.2) is 22.7 Å². The highest BCUT2D eigenvalue weighted by Crippen LogP contribution is 2.45. The van der Waals surface area contributed by atoms with Gasteiger partial charge in [-0.05, 0) is 35.1 Å². The van der Waals surface area contributed by atoms with Crippen LogP contribution in [0.2, 0.25) is 0 Å². The molecule has 2 bridgehead atoms. The number of rotatable bonds is 3. The molecule has 2 aromatic rings. The second-order valence-electron chi connectivity index (χ2n) is 6.21. The maximum absolute atomic E-state index is 9.23. The Morgan fingerprint density at radius 1 is 0.905 bits per heavy atom. The summed E-state index contributed by atoms with van der Waals surface area (Å²) in [7, 11) is 0. The molecule has 1 N–H and O–H groups in total. The average Bonchev–Trinajstić information content (AvgIpc) is 2.52. The Morgan fingerprint density at radius 3 is 2.05 bits per heavy atom. The van der Waals surface area contributed by atoms with Gasteiger partial charge >= 0.3 is 0 Å². The summed E-state index contributed by atoms with van der Waals surface area (Å²) in [5.74, 6) is 0.464. The van der Waals surface area contributed by atoms with Gasteiger partial charge in [0.05, 0.1) is 0 Å². The van der Waals surface area contributed by atoms with Crippen molar-refractivity contribution in [2.45, 2.75) is 37.9 Å². The molecule has 2 heteroatoms. The molecule has 0 fully saturated rings. The van der Waals surface area contributed by atoms with Gasteiger partial charge < -0.3 is 5.11 Å². The van der Waals surface area contributed by atoms with Crippen molar-refractivity contribution in [1.29, 1.82) is 0 Å². The Balaban J connectivity index is 1.84. The number of benzene rings is 2. The number of nitrogens with zero attached hydrogens (tertiary/aromatic N) is 1. The Labute approximate surface area is 126 Å². The fourth-order valence-electron chi connectivity index (χ4n) is 4.13. The van der Waals surface area contributed by atoms with Gasteiger partial charge in [-0.25, -0.2) is 0 Å². The molecule has 4 rings (SSSR count). The second kappa shape index (κ2) is 5.28. The molecule has 0 aliphatic carbocycles. The van der Waals surface area contributed by atoms with Gasteiger partial charge in [0.1, 0.15) is 0 Å². The first-order chi connectivity index (χ1) is 10.4. The van der Waals surface area contributed by atoms with E-state index in [9.17, 15) is 5.11 Å². The first kappa shape index (κ1) is 13.1. The van der Waals surface area contributed by atoms with Crippen molar-refractivity contribution in [3.05, 3.63) is 70.8 Å². The minimum atomic E-state index is 0.292. The van der Waals surface area contributed by atoms with Crippen LogP contribution in [0.1, 0.15) is 41.0 Å². The minimum absolute atomic E-state index is 0.292. The highest BCUT2D eigenvalue weighted by Gasteiger charge is 2.39. The standard InChI is InChI=1S/C19H21NO/c21-11-5-10-18-19-16-8-3-1-6-14(16)12-20(18)13-15-7-2-4-9-17(15)19/h1-4,6-9,18-19,21H,5,10-13H2. The predicted octanol–water partition coefficient (Wildman–Crippen LogP) is 3.29. The van der Waals surface area contributed by atoms with Gasteiger partial charge in [0, 0.05) is 31.7 Å². The lowest BCUT2D eigenvalue weighted by atomic mass is 9.73. The Hall–Kier alpha value is -1.64. The van der Waals surface area contributed by atoms with Gasteiger partial charge in [-0.2, -0.15) is 0 Å². The van der Waals surface area contributed by atoms with Crippen molar-refractivity contribution >= 4 is 0 Å². The van der Waals surface area contributed by atoms with Crippen molar-refractivity contribution in [3.63, 3.8) is 0 Å². The predicted molar refractivity (Wildman–Crippen MR) is 84.1 cm³/mol. The molecule has 2 heterocycles. The van der Waals surface area contributed by atoms with Crippen LogP contribution >= 0.6 is 0 Å². The fraction of sp³-hybridized carbons (Fsp3) is 0.368. The van der Waals surface area contributed by atoms with E-state index in [2.05, 4.69) is 53.4 Å². The Kier molecular flexibility index (Phi) is 3.28. The molecule has 21 heavy (non-hydrogen) atoms. The quantitative estimate of drug-likeness (QED) is 0.932. The van der Waals surface area contributed by atoms with Crippen LogP contribution in [0, 0.1) is 0 Å². The van der Waals surface area contributed by atoms with Crippen LogP contribution in [0.25, 0.3) is 0 Å². The van der Waals surface area contributed by atoms with Crippen LogP contribution in [0.3, 0.4) is 0 Å². The molecule has 0 radical (unpaired) electrons. The molecule has 2 aromatic carbocycles. The first-order valence-corrected chi connectivity index (χ1v) is 7.89. The summed E-state index contributed by atoms with van der Waals surface area (Å²) in [6.45, 7) is 2.37. The van der Waals surface area contributed by atoms with E-state index in [4.69, 9.17) is 0 Å². The Morgan fingerprint density at radius 2 is 1.48 bits per heavy atom. The van der Waals surface area contributed by atoms with Gasteiger partial charge in [-0.3, -0.25) is 4.90 Å². The maximum Gasteiger partial charge on any atom is 0.0431 e. The molecule has 0 saturated heterocycles. The third-order valence-corrected chi connectivity index (χ3v) is 5.04. The lowest BCUT2D eigenvalue weighted by molar-refractivity contribution is 0.115. The van der Waals surface area contributed by atoms with E-state index in [-0.39, 0.29) is 0 Å². The van der Waals surface area contributed by atoms with Gasteiger partial charge in [-0.1, -0.05) is 48.5 Å². The summed E-state index contributed by atoms with van der Waals surface area (Å²) >= 11 is 0. The van der Waals surface area contributed by atoms with Crippen molar-refractivity contribution in [2.75, 3.05) is 6.61 Å². The van der Waals surface area contributed by atoms with E-state index in [0.717, 1.165) is 25.9 Å².